The number of carboxylic acids is 1. The molecule has 3 rings (SSSR count). The number of ether oxygens (including phenoxy) is 1. The molecule has 0 aliphatic carbocycles. The van der Waals surface area contributed by atoms with Crippen LogP contribution in [0.1, 0.15) is 34.1 Å². The number of benzene rings is 2. The second kappa shape index (κ2) is 8.81. The van der Waals surface area contributed by atoms with Gasteiger partial charge in [-0.3, -0.25) is 0 Å². The van der Waals surface area contributed by atoms with Crippen LogP contribution in [0.4, 0.5) is 0 Å². The van der Waals surface area contributed by atoms with Gasteiger partial charge in [0.2, 0.25) is 5.69 Å². The van der Waals surface area contributed by atoms with E-state index < -0.39 is 5.97 Å². The number of nitrogens with zero attached hydrogens (tertiary/aromatic N) is 1. The summed E-state index contributed by atoms with van der Waals surface area (Å²) in [6, 6.07) is 21.0. The maximum absolute atomic E-state index is 11.0. The fourth-order valence-corrected chi connectivity index (χ4v) is 2.79. The highest BCUT2D eigenvalue weighted by molar-refractivity contribution is 5.87. The highest BCUT2D eigenvalue weighted by Crippen LogP contribution is 2.15. The fourth-order valence-electron chi connectivity index (χ4n) is 2.79. The van der Waals surface area contributed by atoms with Crippen molar-refractivity contribution in [2.75, 3.05) is 6.61 Å². The highest BCUT2D eigenvalue weighted by atomic mass is 16.5. The third-order valence-electron chi connectivity index (χ3n) is 4.15. The van der Waals surface area contributed by atoms with Crippen molar-refractivity contribution in [1.29, 1.82) is 0 Å². The smallest absolute Gasteiger partial charge is 0.335 e. The van der Waals surface area contributed by atoms with E-state index in [0.29, 0.717) is 18.7 Å². The molecule has 0 aliphatic heterocycles. The molecule has 27 heavy (non-hydrogen) atoms. The van der Waals surface area contributed by atoms with Crippen LogP contribution in [0.3, 0.4) is 0 Å². The second-order valence-corrected chi connectivity index (χ2v) is 6.09. The number of hydrogen-bond donors (Lipinski definition) is 1. The number of rotatable bonds is 7. The molecule has 0 unspecified atom stereocenters. The van der Waals surface area contributed by atoms with Gasteiger partial charge in [-0.15, -0.1) is 0 Å². The Bertz CT molecular complexity index is 946. The summed E-state index contributed by atoms with van der Waals surface area (Å²) in [5, 5.41) is 9.02. The number of pyridine rings is 1. The van der Waals surface area contributed by atoms with E-state index in [1.165, 1.54) is 0 Å². The minimum absolute atomic E-state index is 0.297. The molecule has 4 heteroatoms. The topological polar surface area (TPSA) is 50.4 Å². The minimum atomic E-state index is -0.910. The lowest BCUT2D eigenvalue weighted by molar-refractivity contribution is -0.690. The first-order chi connectivity index (χ1) is 13.2. The van der Waals surface area contributed by atoms with Crippen molar-refractivity contribution in [1.82, 2.24) is 0 Å². The Balaban J connectivity index is 1.79. The van der Waals surface area contributed by atoms with E-state index in [0.717, 1.165) is 22.6 Å². The van der Waals surface area contributed by atoms with Gasteiger partial charge in [0.15, 0.2) is 12.7 Å². The molecule has 1 N–H and O–H groups in total. The van der Waals surface area contributed by atoms with Crippen molar-refractivity contribution in [3.8, 4) is 5.75 Å². The van der Waals surface area contributed by atoms with Gasteiger partial charge in [-0.25, -0.2) is 4.79 Å². The standard InChI is InChI=1S/C23H21NO3/c1-2-27-22-8-5-6-18(16-22)11-14-21-7-3-4-15-24(21)17-19-9-12-20(13-10-19)23(25)26/h3-16H,2,17H2,1H3/p+1/b14-11+. The molecule has 0 amide bonds. The molecule has 0 spiro atoms. The van der Waals surface area contributed by atoms with E-state index in [1.54, 1.807) is 12.1 Å². The summed E-state index contributed by atoms with van der Waals surface area (Å²) in [4.78, 5) is 11.0. The molecule has 0 radical (unpaired) electrons. The van der Waals surface area contributed by atoms with E-state index in [9.17, 15) is 4.79 Å². The van der Waals surface area contributed by atoms with E-state index >= 15 is 0 Å². The van der Waals surface area contributed by atoms with Crippen LogP contribution in [-0.2, 0) is 6.54 Å². The van der Waals surface area contributed by atoms with Gasteiger partial charge < -0.3 is 9.84 Å². The molecular weight excluding hydrogens is 338 g/mol. The molecular formula is C23H22NO3+. The van der Waals surface area contributed by atoms with Gasteiger partial charge in [-0.1, -0.05) is 24.3 Å². The Morgan fingerprint density at radius 3 is 2.59 bits per heavy atom. The first-order valence-electron chi connectivity index (χ1n) is 8.87. The van der Waals surface area contributed by atoms with Gasteiger partial charge >= 0.3 is 5.97 Å². The van der Waals surface area contributed by atoms with Crippen molar-refractivity contribution in [2.45, 2.75) is 13.5 Å². The summed E-state index contributed by atoms with van der Waals surface area (Å²) < 4.78 is 7.67. The molecule has 4 nitrogen and oxygen atoms in total. The number of aromatic nitrogens is 1. The van der Waals surface area contributed by atoms with E-state index in [-0.39, 0.29) is 0 Å². The fraction of sp³-hybridized carbons (Fsp3) is 0.130. The Morgan fingerprint density at radius 2 is 1.85 bits per heavy atom. The molecule has 1 aromatic heterocycles. The molecule has 3 aromatic rings. The number of aromatic carboxylic acids is 1. The molecule has 0 saturated heterocycles. The van der Waals surface area contributed by atoms with Crippen LogP contribution in [0, 0.1) is 0 Å². The van der Waals surface area contributed by atoms with Crippen molar-refractivity contribution in [3.63, 3.8) is 0 Å². The average molecular weight is 360 g/mol. The number of hydrogen-bond acceptors (Lipinski definition) is 2. The molecule has 0 fully saturated rings. The highest BCUT2D eigenvalue weighted by Gasteiger charge is 2.09. The maximum Gasteiger partial charge on any atom is 0.335 e. The Hall–Kier alpha value is -3.40. The third-order valence-corrected chi connectivity index (χ3v) is 4.15. The first kappa shape index (κ1) is 18.4. The normalized spacial score (nSPS) is 10.9. The van der Waals surface area contributed by atoms with Gasteiger partial charge in [0, 0.05) is 23.8 Å². The zero-order chi connectivity index (χ0) is 19.1. The lowest BCUT2D eigenvalue weighted by atomic mass is 10.1. The summed E-state index contributed by atoms with van der Waals surface area (Å²) in [6.07, 6.45) is 6.14. The summed E-state index contributed by atoms with van der Waals surface area (Å²) in [5.74, 6) is -0.0501. The molecule has 2 aromatic carbocycles. The van der Waals surface area contributed by atoms with Crippen LogP contribution in [0.5, 0.6) is 5.75 Å². The van der Waals surface area contributed by atoms with Crippen molar-refractivity contribution in [2.24, 2.45) is 0 Å². The van der Waals surface area contributed by atoms with Crippen molar-refractivity contribution < 1.29 is 19.2 Å². The molecule has 136 valence electrons. The second-order valence-electron chi connectivity index (χ2n) is 6.09. The van der Waals surface area contributed by atoms with Gasteiger partial charge in [0.1, 0.15) is 5.75 Å². The Labute approximate surface area is 159 Å². The van der Waals surface area contributed by atoms with Gasteiger partial charge in [-0.05, 0) is 48.9 Å². The zero-order valence-electron chi connectivity index (χ0n) is 15.2. The molecule has 1 heterocycles. The largest absolute Gasteiger partial charge is 0.494 e. The summed E-state index contributed by atoms with van der Waals surface area (Å²) in [7, 11) is 0. The molecule has 0 atom stereocenters. The van der Waals surface area contributed by atoms with Crippen molar-refractivity contribution in [3.05, 3.63) is 95.3 Å². The van der Waals surface area contributed by atoms with E-state index in [4.69, 9.17) is 9.84 Å². The lowest BCUT2D eigenvalue weighted by Crippen LogP contribution is -2.36. The van der Waals surface area contributed by atoms with Crippen LogP contribution >= 0.6 is 0 Å². The van der Waals surface area contributed by atoms with Gasteiger partial charge in [-0.2, -0.15) is 4.57 Å². The van der Waals surface area contributed by atoms with Gasteiger partial charge in [0.25, 0.3) is 0 Å². The number of carbonyl (C=O) groups is 1. The van der Waals surface area contributed by atoms with Gasteiger partial charge in [0.05, 0.1) is 12.2 Å². The molecule has 0 aliphatic rings. The van der Waals surface area contributed by atoms with Crippen LogP contribution in [-0.4, -0.2) is 17.7 Å². The first-order valence-corrected chi connectivity index (χ1v) is 8.87. The molecule has 0 bridgehead atoms. The lowest BCUT2D eigenvalue weighted by Gasteiger charge is -2.04. The van der Waals surface area contributed by atoms with Crippen LogP contribution in [0.2, 0.25) is 0 Å². The van der Waals surface area contributed by atoms with Crippen LogP contribution in [0.15, 0.2) is 72.9 Å². The molecule has 0 saturated carbocycles. The minimum Gasteiger partial charge on any atom is -0.494 e. The Kier molecular flexibility index (Phi) is 6.00. The van der Waals surface area contributed by atoms with Crippen LogP contribution < -0.4 is 9.30 Å². The average Bonchev–Trinajstić information content (AvgIpc) is 2.68. The van der Waals surface area contributed by atoms with Crippen molar-refractivity contribution >= 4 is 18.1 Å². The zero-order valence-corrected chi connectivity index (χ0v) is 15.2. The predicted molar refractivity (Wildman–Crippen MR) is 106 cm³/mol. The van der Waals surface area contributed by atoms with Crippen LogP contribution in [0.25, 0.3) is 12.2 Å². The summed E-state index contributed by atoms with van der Waals surface area (Å²) >= 11 is 0. The van der Waals surface area contributed by atoms with E-state index in [2.05, 4.69) is 22.8 Å². The summed E-state index contributed by atoms with van der Waals surface area (Å²) in [5.41, 5.74) is 3.47. The Morgan fingerprint density at radius 1 is 1.04 bits per heavy atom. The van der Waals surface area contributed by atoms with E-state index in [1.807, 2.05) is 61.7 Å². The predicted octanol–water partition coefficient (Wildman–Crippen LogP) is 4.29. The SMILES string of the molecule is CCOc1cccc(/C=C/c2cccc[n+]2Cc2ccc(C(=O)O)cc2)c1. The number of carboxylic acid groups (broad SMARTS) is 1. The monoisotopic (exact) mass is 360 g/mol. The third kappa shape index (κ3) is 5.05. The maximum atomic E-state index is 11.0. The summed E-state index contributed by atoms with van der Waals surface area (Å²) in [6.45, 7) is 3.28. The quantitative estimate of drug-likeness (QED) is 0.640.